The maximum Gasteiger partial charge on any atom is 0.239 e. The van der Waals surface area contributed by atoms with E-state index >= 15 is 0 Å². The van der Waals surface area contributed by atoms with Crippen LogP contribution in [-0.2, 0) is 13.5 Å². The van der Waals surface area contributed by atoms with Gasteiger partial charge in [-0.2, -0.15) is 15.1 Å². The Kier molecular flexibility index (Phi) is 6.97. The van der Waals surface area contributed by atoms with Gasteiger partial charge in [0.15, 0.2) is 0 Å². The molecule has 0 aliphatic carbocycles. The van der Waals surface area contributed by atoms with Gasteiger partial charge in [-0.05, 0) is 47.5 Å². The third kappa shape index (κ3) is 4.71. The normalized spacial score (nSPS) is 12.7. The van der Waals surface area contributed by atoms with Gasteiger partial charge in [-0.15, -0.1) is 0 Å². The van der Waals surface area contributed by atoms with E-state index in [0.717, 1.165) is 62.1 Å². The predicted molar refractivity (Wildman–Crippen MR) is 164 cm³/mol. The van der Waals surface area contributed by atoms with E-state index in [9.17, 15) is 0 Å². The summed E-state index contributed by atoms with van der Waals surface area (Å²) < 4.78 is 8.34. The third-order valence-corrected chi connectivity index (χ3v) is 8.79. The molecular weight excluding hydrogens is 591 g/mol. The van der Waals surface area contributed by atoms with Gasteiger partial charge in [0, 0.05) is 73.5 Å². The van der Waals surface area contributed by atoms with E-state index in [1.807, 2.05) is 43.2 Å². The molecule has 0 radical (unpaired) electrons. The zero-order valence-corrected chi connectivity index (χ0v) is 25.2. The van der Waals surface area contributed by atoms with E-state index in [0.29, 0.717) is 23.3 Å². The highest BCUT2D eigenvalue weighted by Crippen LogP contribution is 2.40. The summed E-state index contributed by atoms with van der Waals surface area (Å²) in [6.07, 6.45) is 7.92. The molecule has 4 aromatic heterocycles. The first-order valence-electron chi connectivity index (χ1n) is 12.6. The molecule has 0 amide bonds. The molecule has 0 bridgehead atoms. The average Bonchev–Trinajstić information content (AvgIpc) is 3.26. The van der Waals surface area contributed by atoms with Gasteiger partial charge in [0.25, 0.3) is 0 Å². The summed E-state index contributed by atoms with van der Waals surface area (Å²) in [7, 11) is 5.14. The lowest BCUT2D eigenvalue weighted by molar-refractivity contribution is 0.400. The van der Waals surface area contributed by atoms with Crippen molar-refractivity contribution in [3.05, 3.63) is 53.2 Å². The van der Waals surface area contributed by atoms with Crippen molar-refractivity contribution < 1.29 is 4.74 Å². The summed E-state index contributed by atoms with van der Waals surface area (Å²) in [5, 5.41) is 12.5. The molecule has 5 heterocycles. The first kappa shape index (κ1) is 26.3. The Bertz CT molecular complexity index is 1740. The molecule has 13 heteroatoms. The van der Waals surface area contributed by atoms with Crippen LogP contribution in [0.4, 0.5) is 29.0 Å². The van der Waals surface area contributed by atoms with Crippen molar-refractivity contribution in [2.24, 2.45) is 7.05 Å². The lowest BCUT2D eigenvalue weighted by Gasteiger charge is -2.20. The number of aromatic nitrogens is 7. The highest BCUT2D eigenvalue weighted by molar-refractivity contribution is 9.10. The van der Waals surface area contributed by atoms with Crippen LogP contribution < -0.4 is 25.6 Å². The second kappa shape index (κ2) is 10.6. The van der Waals surface area contributed by atoms with Crippen LogP contribution >= 0.6 is 23.9 Å². The number of fused-ring (bicyclic) bond motifs is 4. The van der Waals surface area contributed by atoms with Crippen molar-refractivity contribution in [2.75, 3.05) is 49.6 Å². The SMILES string of the molecule is COc1nc2c(cc1Nc1ncc(Br)c(Nc3ccc4nccnc4c3P(C)C)n1)-c1cnn(C)c1CCN2C. The van der Waals surface area contributed by atoms with Crippen LogP contribution in [0.1, 0.15) is 5.69 Å². The highest BCUT2D eigenvalue weighted by atomic mass is 79.9. The molecule has 1 aliphatic heterocycles. The molecule has 6 rings (SSSR count). The number of likely N-dealkylation sites (N-methyl/N-ethyl adjacent to an activating group) is 1. The standard InChI is InChI=1S/C27H28BrN10OP/c1-37-11-8-21-16(13-32-38(21)2)15-12-20(26(39-3)36-25(15)37)34-27-31-14-17(28)24(35-27)33-19-7-6-18-22(23(19)40(4)5)30-10-9-29-18/h6-7,9-10,12-14H,8,11H2,1-5H3,(H2,31,33,34,35). The van der Waals surface area contributed by atoms with E-state index < -0.39 is 7.92 Å². The van der Waals surface area contributed by atoms with Gasteiger partial charge >= 0.3 is 0 Å². The minimum Gasteiger partial charge on any atom is -0.479 e. The van der Waals surface area contributed by atoms with Gasteiger partial charge in [-0.25, -0.2) is 4.98 Å². The summed E-state index contributed by atoms with van der Waals surface area (Å²) in [5.74, 6) is 2.32. The number of nitrogens with one attached hydrogen (secondary N) is 2. The van der Waals surface area contributed by atoms with Gasteiger partial charge < -0.3 is 20.3 Å². The van der Waals surface area contributed by atoms with Crippen molar-refractivity contribution in [3.8, 4) is 17.0 Å². The number of hydrogen-bond acceptors (Lipinski definition) is 10. The predicted octanol–water partition coefficient (Wildman–Crippen LogP) is 4.83. The molecule has 1 aromatic carbocycles. The number of aryl methyl sites for hydroxylation is 1. The number of ether oxygens (including phenoxy) is 1. The number of pyridine rings is 1. The van der Waals surface area contributed by atoms with Crippen LogP contribution in [-0.4, -0.2) is 68.7 Å². The van der Waals surface area contributed by atoms with E-state index in [1.165, 1.54) is 0 Å². The molecule has 1 aliphatic rings. The molecule has 0 spiro atoms. The van der Waals surface area contributed by atoms with Gasteiger partial charge in [0.2, 0.25) is 11.8 Å². The number of anilines is 5. The lowest BCUT2D eigenvalue weighted by Crippen LogP contribution is -2.21. The maximum absolute atomic E-state index is 5.69. The molecule has 204 valence electrons. The number of hydrogen-bond donors (Lipinski definition) is 2. The van der Waals surface area contributed by atoms with Crippen molar-refractivity contribution in [2.45, 2.75) is 6.42 Å². The summed E-state index contributed by atoms with van der Waals surface area (Å²) in [4.78, 5) is 25.4. The Morgan fingerprint density at radius 2 is 1.80 bits per heavy atom. The van der Waals surface area contributed by atoms with Crippen molar-refractivity contribution in [3.63, 3.8) is 0 Å². The molecule has 0 saturated carbocycles. The fourth-order valence-corrected chi connectivity index (χ4v) is 6.42. The number of methoxy groups -OCH3 is 1. The second-order valence-corrected chi connectivity index (χ2v) is 12.7. The molecule has 2 N–H and O–H groups in total. The smallest absolute Gasteiger partial charge is 0.239 e. The summed E-state index contributed by atoms with van der Waals surface area (Å²) in [6, 6.07) is 6.03. The van der Waals surface area contributed by atoms with Crippen LogP contribution in [0, 0.1) is 0 Å². The highest BCUT2D eigenvalue weighted by Gasteiger charge is 2.25. The number of rotatable bonds is 6. The lowest BCUT2D eigenvalue weighted by atomic mass is 10.1. The molecule has 0 unspecified atom stereocenters. The Hall–Kier alpha value is -3.89. The third-order valence-electron chi connectivity index (χ3n) is 6.86. The van der Waals surface area contributed by atoms with Gasteiger partial charge in [-0.3, -0.25) is 14.6 Å². The Morgan fingerprint density at radius 3 is 2.60 bits per heavy atom. The van der Waals surface area contributed by atoms with Crippen molar-refractivity contribution in [1.82, 2.24) is 34.7 Å². The fraction of sp³-hybridized carbons (Fsp3) is 0.259. The Balaban J connectivity index is 1.38. The zero-order chi connectivity index (χ0) is 28.0. The Labute approximate surface area is 241 Å². The molecule has 0 atom stereocenters. The van der Waals surface area contributed by atoms with Crippen LogP contribution in [0.15, 0.2) is 47.5 Å². The molecular formula is C27H28BrN10OP. The average molecular weight is 619 g/mol. The molecule has 0 saturated heterocycles. The Morgan fingerprint density at radius 1 is 0.975 bits per heavy atom. The minimum absolute atomic E-state index is 0.400. The minimum atomic E-state index is -0.481. The van der Waals surface area contributed by atoms with Gasteiger partial charge in [0.05, 0.1) is 28.8 Å². The molecule has 11 nitrogen and oxygen atoms in total. The molecule has 40 heavy (non-hydrogen) atoms. The second-order valence-electron chi connectivity index (χ2n) is 9.64. The van der Waals surface area contributed by atoms with Crippen LogP contribution in [0.2, 0.25) is 0 Å². The van der Waals surface area contributed by atoms with Crippen molar-refractivity contribution in [1.29, 1.82) is 0 Å². The maximum atomic E-state index is 5.69. The first-order chi connectivity index (χ1) is 19.3. The van der Waals surface area contributed by atoms with E-state index in [4.69, 9.17) is 14.7 Å². The van der Waals surface area contributed by atoms with E-state index in [2.05, 4.69) is 64.8 Å². The van der Waals surface area contributed by atoms with Crippen LogP contribution in [0.5, 0.6) is 5.88 Å². The van der Waals surface area contributed by atoms with E-state index in [-0.39, 0.29) is 0 Å². The quantitative estimate of drug-likeness (QED) is 0.256. The summed E-state index contributed by atoms with van der Waals surface area (Å²) in [5.41, 5.74) is 6.56. The number of nitrogens with zero attached hydrogens (tertiary/aromatic N) is 8. The first-order valence-corrected chi connectivity index (χ1v) is 15.7. The largest absolute Gasteiger partial charge is 0.479 e. The number of halogens is 1. The zero-order valence-electron chi connectivity index (χ0n) is 22.8. The summed E-state index contributed by atoms with van der Waals surface area (Å²) in [6.45, 7) is 5.23. The number of benzene rings is 1. The van der Waals surface area contributed by atoms with E-state index in [1.54, 1.807) is 25.7 Å². The van der Waals surface area contributed by atoms with Crippen LogP contribution in [0.3, 0.4) is 0 Å². The van der Waals surface area contributed by atoms with Crippen LogP contribution in [0.25, 0.3) is 22.2 Å². The molecule has 0 fully saturated rings. The molecule has 5 aromatic rings. The topological polar surface area (TPSA) is 119 Å². The summed E-state index contributed by atoms with van der Waals surface area (Å²) >= 11 is 3.61. The van der Waals surface area contributed by atoms with Gasteiger partial charge in [0.1, 0.15) is 17.3 Å². The van der Waals surface area contributed by atoms with Crippen molar-refractivity contribution >= 4 is 69.1 Å². The van der Waals surface area contributed by atoms with Gasteiger partial charge in [-0.1, -0.05) is 7.92 Å². The fourth-order valence-electron chi connectivity index (χ4n) is 4.92. The monoisotopic (exact) mass is 618 g/mol.